The predicted octanol–water partition coefficient (Wildman–Crippen LogP) is 0.956. The van der Waals surface area contributed by atoms with Crippen molar-refractivity contribution in [3.8, 4) is 0 Å². The van der Waals surface area contributed by atoms with Gasteiger partial charge in [0.05, 0.1) is 5.52 Å². The Morgan fingerprint density at radius 2 is 2.32 bits per heavy atom. The molecule has 3 rings (SSSR count). The van der Waals surface area contributed by atoms with Crippen LogP contribution in [-0.2, 0) is 6.54 Å². The van der Waals surface area contributed by atoms with Gasteiger partial charge in [-0.15, -0.1) is 0 Å². The monoisotopic (exact) mass is 257 g/mol. The standard InChI is InChI=1S/C12H11N5O2/c1-8-11(16-19-15-8)12(18)13-7-9-3-2-6-17-10(9)4-5-14-17/h2-6H,7H2,1H3,(H,13,18). The maximum absolute atomic E-state index is 11.9. The van der Waals surface area contributed by atoms with Gasteiger partial charge in [0, 0.05) is 18.9 Å². The lowest BCUT2D eigenvalue weighted by molar-refractivity contribution is 0.0941. The van der Waals surface area contributed by atoms with Gasteiger partial charge in [0.2, 0.25) is 0 Å². The van der Waals surface area contributed by atoms with Crippen LogP contribution in [0.2, 0.25) is 0 Å². The van der Waals surface area contributed by atoms with Crippen LogP contribution in [0.4, 0.5) is 0 Å². The van der Waals surface area contributed by atoms with Crippen molar-refractivity contribution in [1.82, 2.24) is 25.2 Å². The van der Waals surface area contributed by atoms with E-state index in [4.69, 9.17) is 0 Å². The molecule has 7 heteroatoms. The van der Waals surface area contributed by atoms with E-state index < -0.39 is 0 Å². The number of nitrogens with zero attached hydrogens (tertiary/aromatic N) is 4. The number of amides is 1. The van der Waals surface area contributed by atoms with Crippen LogP contribution in [0.15, 0.2) is 35.2 Å². The molecule has 0 aliphatic rings. The zero-order valence-electron chi connectivity index (χ0n) is 10.2. The summed E-state index contributed by atoms with van der Waals surface area (Å²) in [4.78, 5) is 11.9. The molecule has 0 bridgehead atoms. The highest BCUT2D eigenvalue weighted by Gasteiger charge is 2.14. The van der Waals surface area contributed by atoms with Crippen molar-refractivity contribution in [2.24, 2.45) is 0 Å². The highest BCUT2D eigenvalue weighted by Crippen LogP contribution is 2.10. The molecule has 0 radical (unpaired) electrons. The van der Waals surface area contributed by atoms with E-state index in [0.29, 0.717) is 12.2 Å². The van der Waals surface area contributed by atoms with E-state index in [9.17, 15) is 4.79 Å². The van der Waals surface area contributed by atoms with Gasteiger partial charge in [-0.3, -0.25) is 4.79 Å². The van der Waals surface area contributed by atoms with Crippen LogP contribution in [-0.4, -0.2) is 25.8 Å². The van der Waals surface area contributed by atoms with Crippen molar-refractivity contribution in [1.29, 1.82) is 0 Å². The van der Waals surface area contributed by atoms with Crippen LogP contribution in [0.3, 0.4) is 0 Å². The number of carbonyl (C=O) groups is 1. The highest BCUT2D eigenvalue weighted by molar-refractivity contribution is 5.93. The van der Waals surface area contributed by atoms with Crippen LogP contribution >= 0.6 is 0 Å². The Hall–Kier alpha value is -2.70. The van der Waals surface area contributed by atoms with Crippen molar-refractivity contribution >= 4 is 11.4 Å². The summed E-state index contributed by atoms with van der Waals surface area (Å²) < 4.78 is 6.26. The van der Waals surface area contributed by atoms with Gasteiger partial charge in [0.25, 0.3) is 5.91 Å². The molecule has 0 saturated carbocycles. The average molecular weight is 257 g/mol. The third kappa shape index (κ3) is 2.05. The van der Waals surface area contributed by atoms with E-state index in [2.05, 4.69) is 25.4 Å². The zero-order valence-corrected chi connectivity index (χ0v) is 10.2. The van der Waals surface area contributed by atoms with Crippen molar-refractivity contribution in [3.63, 3.8) is 0 Å². The number of carbonyl (C=O) groups excluding carboxylic acids is 1. The van der Waals surface area contributed by atoms with E-state index in [1.165, 1.54) is 0 Å². The fraction of sp³-hybridized carbons (Fsp3) is 0.167. The van der Waals surface area contributed by atoms with Crippen LogP contribution in [0.5, 0.6) is 0 Å². The zero-order chi connectivity index (χ0) is 13.2. The first-order chi connectivity index (χ1) is 9.25. The Bertz CT molecular complexity index is 730. The van der Waals surface area contributed by atoms with E-state index in [0.717, 1.165) is 11.1 Å². The number of hydrogen-bond donors (Lipinski definition) is 1. The fourth-order valence-electron chi connectivity index (χ4n) is 1.86. The van der Waals surface area contributed by atoms with Crippen molar-refractivity contribution in [2.45, 2.75) is 13.5 Å². The minimum absolute atomic E-state index is 0.209. The normalized spacial score (nSPS) is 10.8. The molecule has 1 amide bonds. The molecule has 0 spiro atoms. The van der Waals surface area contributed by atoms with Crippen LogP contribution in [0.25, 0.3) is 5.52 Å². The molecule has 0 unspecified atom stereocenters. The first-order valence-corrected chi connectivity index (χ1v) is 5.74. The van der Waals surface area contributed by atoms with Gasteiger partial charge < -0.3 is 5.32 Å². The van der Waals surface area contributed by atoms with Crippen LogP contribution in [0, 0.1) is 6.92 Å². The minimum Gasteiger partial charge on any atom is -0.346 e. The molecule has 0 aromatic carbocycles. The molecule has 7 nitrogen and oxygen atoms in total. The number of hydrogen-bond acceptors (Lipinski definition) is 5. The number of nitrogens with one attached hydrogen (secondary N) is 1. The van der Waals surface area contributed by atoms with Gasteiger partial charge in [-0.1, -0.05) is 11.2 Å². The van der Waals surface area contributed by atoms with E-state index >= 15 is 0 Å². The van der Waals surface area contributed by atoms with Crippen molar-refractivity contribution < 1.29 is 9.42 Å². The molecule has 96 valence electrons. The Kier molecular flexibility index (Phi) is 2.71. The lowest BCUT2D eigenvalue weighted by Gasteiger charge is -2.05. The van der Waals surface area contributed by atoms with Crippen LogP contribution < -0.4 is 5.32 Å². The maximum atomic E-state index is 11.9. The fourth-order valence-corrected chi connectivity index (χ4v) is 1.86. The van der Waals surface area contributed by atoms with Gasteiger partial charge in [-0.2, -0.15) is 5.10 Å². The third-order valence-electron chi connectivity index (χ3n) is 2.83. The van der Waals surface area contributed by atoms with E-state index in [1.807, 2.05) is 24.4 Å². The molecular formula is C12H11N5O2. The molecule has 3 aromatic heterocycles. The minimum atomic E-state index is -0.305. The molecular weight excluding hydrogens is 246 g/mol. The summed E-state index contributed by atoms with van der Waals surface area (Å²) in [5.41, 5.74) is 2.61. The number of rotatable bonds is 3. The van der Waals surface area contributed by atoms with E-state index in [1.54, 1.807) is 17.6 Å². The van der Waals surface area contributed by atoms with E-state index in [-0.39, 0.29) is 11.6 Å². The van der Waals surface area contributed by atoms with Crippen LogP contribution in [0.1, 0.15) is 21.7 Å². The molecule has 0 saturated heterocycles. The van der Waals surface area contributed by atoms with Gasteiger partial charge in [0.1, 0.15) is 5.69 Å². The molecule has 0 fully saturated rings. The van der Waals surface area contributed by atoms with Gasteiger partial charge >= 0.3 is 0 Å². The summed E-state index contributed by atoms with van der Waals surface area (Å²) in [6, 6.07) is 5.71. The largest absolute Gasteiger partial charge is 0.346 e. The van der Waals surface area contributed by atoms with Gasteiger partial charge in [-0.25, -0.2) is 9.14 Å². The smallest absolute Gasteiger partial charge is 0.275 e. The first kappa shape index (κ1) is 11.4. The summed E-state index contributed by atoms with van der Waals surface area (Å²) >= 11 is 0. The van der Waals surface area contributed by atoms with Gasteiger partial charge in [0.15, 0.2) is 5.69 Å². The Balaban J connectivity index is 1.78. The molecule has 19 heavy (non-hydrogen) atoms. The molecule has 3 aromatic rings. The molecule has 0 aliphatic heterocycles. The lowest BCUT2D eigenvalue weighted by Crippen LogP contribution is -2.24. The summed E-state index contributed by atoms with van der Waals surface area (Å²) in [7, 11) is 0. The highest BCUT2D eigenvalue weighted by atomic mass is 16.6. The summed E-state index contributed by atoms with van der Waals surface area (Å²) in [5.74, 6) is -0.305. The molecule has 0 atom stereocenters. The van der Waals surface area contributed by atoms with Crippen molar-refractivity contribution in [3.05, 3.63) is 47.5 Å². The second kappa shape index (κ2) is 4.52. The Morgan fingerprint density at radius 1 is 1.42 bits per heavy atom. The Morgan fingerprint density at radius 3 is 3.11 bits per heavy atom. The summed E-state index contributed by atoms with van der Waals surface area (Å²) in [6.45, 7) is 2.06. The topological polar surface area (TPSA) is 85.3 Å². The first-order valence-electron chi connectivity index (χ1n) is 5.74. The number of aromatic nitrogens is 4. The van der Waals surface area contributed by atoms with Gasteiger partial charge in [-0.05, 0) is 29.8 Å². The lowest BCUT2D eigenvalue weighted by atomic mass is 10.2. The molecule has 3 heterocycles. The second-order valence-electron chi connectivity index (χ2n) is 4.08. The summed E-state index contributed by atoms with van der Waals surface area (Å²) in [5, 5.41) is 14.1. The number of fused-ring (bicyclic) bond motifs is 1. The maximum Gasteiger partial charge on any atom is 0.275 e. The Labute approximate surface area is 108 Å². The quantitative estimate of drug-likeness (QED) is 0.755. The SMILES string of the molecule is Cc1nonc1C(=O)NCc1cccn2nccc12. The summed E-state index contributed by atoms with van der Waals surface area (Å²) in [6.07, 6.45) is 3.57. The molecule has 1 N–H and O–H groups in total. The van der Waals surface area contributed by atoms with Crippen molar-refractivity contribution in [2.75, 3.05) is 0 Å². The number of aryl methyl sites for hydroxylation is 1. The number of pyridine rings is 1. The average Bonchev–Trinajstić information content (AvgIpc) is 3.04. The predicted molar refractivity (Wildman–Crippen MR) is 65.4 cm³/mol. The molecule has 0 aliphatic carbocycles. The third-order valence-corrected chi connectivity index (χ3v) is 2.83. The second-order valence-corrected chi connectivity index (χ2v) is 4.08.